The molecule has 5 nitrogen and oxygen atoms in total. The highest BCUT2D eigenvalue weighted by molar-refractivity contribution is 6.79. The van der Waals surface area contributed by atoms with Crippen LogP contribution in [-0.4, -0.2) is 30.8 Å². The summed E-state index contributed by atoms with van der Waals surface area (Å²) in [5.41, 5.74) is 0.738. The average molecular weight is 438 g/mol. The van der Waals surface area contributed by atoms with E-state index in [1.165, 1.54) is 4.90 Å². The van der Waals surface area contributed by atoms with Crippen LogP contribution in [0.3, 0.4) is 0 Å². The minimum Gasteiger partial charge on any atom is -0.335 e. The van der Waals surface area contributed by atoms with Gasteiger partial charge in [-0.05, 0) is 6.07 Å². The zero-order valence-electron chi connectivity index (χ0n) is 11.0. The Balaban J connectivity index is 1.98. The minimum absolute atomic E-state index is 0.0122. The molecule has 124 valence electrons. The molecule has 0 aliphatic carbocycles. The van der Waals surface area contributed by atoms with Crippen molar-refractivity contribution in [1.82, 2.24) is 4.90 Å². The Hall–Kier alpha value is -0.140. The van der Waals surface area contributed by atoms with E-state index in [0.717, 1.165) is 5.56 Å². The first-order valence-corrected chi connectivity index (χ1v) is 8.41. The van der Waals surface area contributed by atoms with Crippen molar-refractivity contribution in [3.8, 4) is 5.75 Å². The Bertz CT molecular complexity index is 682. The standard InChI is InChI=1S/C12H7Cl6N3O2/c13-11(14,15)9-19-5-21(10(20-9)12(16,17)18)8-6-3-1-2-4-7(6)22-23-8/h1-4,8H,5H2. The van der Waals surface area contributed by atoms with Crippen LogP contribution >= 0.6 is 69.6 Å². The summed E-state index contributed by atoms with van der Waals surface area (Å²) in [5, 5.41) is 0. The maximum Gasteiger partial charge on any atom is 0.249 e. The Labute approximate surface area is 161 Å². The lowest BCUT2D eigenvalue weighted by Gasteiger charge is -2.34. The number of para-hydroxylation sites is 1. The molecule has 11 heteroatoms. The Morgan fingerprint density at radius 1 is 1.04 bits per heavy atom. The summed E-state index contributed by atoms with van der Waals surface area (Å²) < 4.78 is -3.71. The Morgan fingerprint density at radius 3 is 2.39 bits per heavy atom. The molecule has 3 rings (SSSR count). The van der Waals surface area contributed by atoms with Crippen LogP contribution in [0.15, 0.2) is 34.3 Å². The second kappa shape index (κ2) is 6.30. The third-order valence-corrected chi connectivity index (χ3v) is 4.08. The lowest BCUT2D eigenvalue weighted by atomic mass is 10.1. The monoisotopic (exact) mass is 435 g/mol. The maximum absolute atomic E-state index is 6.01. The van der Waals surface area contributed by atoms with E-state index in [4.69, 9.17) is 79.4 Å². The summed E-state index contributed by atoms with van der Waals surface area (Å²) in [6, 6.07) is 7.21. The van der Waals surface area contributed by atoms with Gasteiger partial charge in [0.15, 0.2) is 17.4 Å². The van der Waals surface area contributed by atoms with Crippen LogP contribution in [0.1, 0.15) is 11.8 Å². The van der Waals surface area contributed by atoms with Crippen LogP contribution in [0.25, 0.3) is 0 Å². The first kappa shape index (κ1) is 17.7. The number of benzene rings is 1. The lowest BCUT2D eigenvalue weighted by molar-refractivity contribution is -0.252. The molecule has 0 saturated heterocycles. The molecule has 2 aliphatic rings. The van der Waals surface area contributed by atoms with E-state index in [0.29, 0.717) is 5.75 Å². The summed E-state index contributed by atoms with van der Waals surface area (Å²) >= 11 is 35.4. The number of halogens is 6. The normalized spacial score (nSPS) is 21.5. The van der Waals surface area contributed by atoms with Gasteiger partial charge >= 0.3 is 0 Å². The first-order chi connectivity index (χ1) is 10.7. The molecule has 0 aromatic heterocycles. The maximum atomic E-state index is 6.01. The molecule has 0 spiro atoms. The predicted octanol–water partition coefficient (Wildman–Crippen LogP) is 4.82. The van der Waals surface area contributed by atoms with E-state index >= 15 is 0 Å². The zero-order valence-corrected chi connectivity index (χ0v) is 15.6. The van der Waals surface area contributed by atoms with Crippen LogP contribution in [0.4, 0.5) is 0 Å². The molecule has 23 heavy (non-hydrogen) atoms. The average Bonchev–Trinajstić information content (AvgIpc) is 2.88. The number of fused-ring (bicyclic) bond motifs is 1. The largest absolute Gasteiger partial charge is 0.335 e. The molecular weight excluding hydrogens is 431 g/mol. The van der Waals surface area contributed by atoms with Crippen LogP contribution in [0.2, 0.25) is 0 Å². The van der Waals surface area contributed by atoms with Crippen LogP contribution in [-0.2, 0) is 4.89 Å². The number of nitrogens with zero attached hydrogens (tertiary/aromatic N) is 3. The van der Waals surface area contributed by atoms with Crippen molar-refractivity contribution in [2.75, 3.05) is 6.67 Å². The Kier molecular flexibility index (Phi) is 4.84. The molecule has 0 amide bonds. The van der Waals surface area contributed by atoms with Crippen molar-refractivity contribution in [3.63, 3.8) is 0 Å². The molecule has 0 saturated carbocycles. The lowest BCUT2D eigenvalue weighted by Crippen LogP contribution is -2.46. The molecule has 2 aliphatic heterocycles. The van der Waals surface area contributed by atoms with Gasteiger partial charge in [-0.3, -0.25) is 0 Å². The van der Waals surface area contributed by atoms with Crippen LogP contribution in [0.5, 0.6) is 5.75 Å². The summed E-state index contributed by atoms with van der Waals surface area (Å²) in [4.78, 5) is 20.2. The van der Waals surface area contributed by atoms with E-state index in [2.05, 4.69) is 9.98 Å². The smallest absolute Gasteiger partial charge is 0.249 e. The van der Waals surface area contributed by atoms with Crippen molar-refractivity contribution in [2.45, 2.75) is 13.8 Å². The molecular formula is C12H7Cl6N3O2. The molecule has 0 N–H and O–H groups in total. The molecule has 1 aromatic carbocycles. The van der Waals surface area contributed by atoms with Gasteiger partial charge in [0.05, 0.1) is 5.56 Å². The van der Waals surface area contributed by atoms with E-state index in [1.54, 1.807) is 6.07 Å². The third-order valence-electron chi connectivity index (χ3n) is 3.06. The molecule has 0 radical (unpaired) electrons. The molecule has 1 aromatic rings. The number of rotatable bonds is 1. The van der Waals surface area contributed by atoms with E-state index in [9.17, 15) is 0 Å². The highest BCUT2D eigenvalue weighted by Gasteiger charge is 2.44. The van der Waals surface area contributed by atoms with E-state index in [-0.39, 0.29) is 18.3 Å². The van der Waals surface area contributed by atoms with Gasteiger partial charge in [-0.15, -0.1) is 0 Å². The van der Waals surface area contributed by atoms with Crippen molar-refractivity contribution >= 4 is 81.3 Å². The number of amidine groups is 2. The van der Waals surface area contributed by atoms with Gasteiger partial charge in [0, 0.05) is 0 Å². The zero-order chi connectivity index (χ0) is 16.8. The van der Waals surface area contributed by atoms with Gasteiger partial charge in [0.1, 0.15) is 6.67 Å². The highest BCUT2D eigenvalue weighted by Crippen LogP contribution is 2.42. The summed E-state index contributed by atoms with van der Waals surface area (Å²) in [7, 11) is 0. The molecule has 2 heterocycles. The quantitative estimate of drug-likeness (QED) is 0.467. The van der Waals surface area contributed by atoms with Crippen molar-refractivity contribution in [1.29, 1.82) is 0 Å². The number of aliphatic imine (C=N–C) groups is 2. The number of hydrogen-bond donors (Lipinski definition) is 0. The van der Waals surface area contributed by atoms with Crippen molar-refractivity contribution in [2.24, 2.45) is 9.98 Å². The first-order valence-electron chi connectivity index (χ1n) is 6.14. The van der Waals surface area contributed by atoms with Gasteiger partial charge in [-0.2, -0.15) is 4.89 Å². The third kappa shape index (κ3) is 3.61. The van der Waals surface area contributed by atoms with Gasteiger partial charge in [0.2, 0.25) is 13.8 Å². The topological polar surface area (TPSA) is 46.4 Å². The van der Waals surface area contributed by atoms with Crippen LogP contribution < -0.4 is 4.89 Å². The Morgan fingerprint density at radius 2 is 1.74 bits per heavy atom. The number of alkyl halides is 6. The fourth-order valence-electron chi connectivity index (χ4n) is 2.10. The number of hydrogen-bond acceptors (Lipinski definition) is 5. The fraction of sp³-hybridized carbons (Fsp3) is 0.333. The van der Waals surface area contributed by atoms with Gasteiger partial charge < -0.3 is 9.79 Å². The molecule has 0 fully saturated rings. The fourth-order valence-corrected chi connectivity index (χ4v) is 2.86. The van der Waals surface area contributed by atoms with E-state index < -0.39 is 13.8 Å². The second-order valence-corrected chi connectivity index (χ2v) is 9.16. The van der Waals surface area contributed by atoms with Crippen molar-refractivity contribution in [3.05, 3.63) is 29.8 Å². The molecule has 1 unspecified atom stereocenters. The van der Waals surface area contributed by atoms with Gasteiger partial charge in [0.25, 0.3) is 0 Å². The predicted molar refractivity (Wildman–Crippen MR) is 93.1 cm³/mol. The highest BCUT2D eigenvalue weighted by atomic mass is 35.6. The second-order valence-electron chi connectivity index (χ2n) is 4.59. The van der Waals surface area contributed by atoms with Gasteiger partial charge in [-0.1, -0.05) is 87.8 Å². The molecule has 0 bridgehead atoms. The van der Waals surface area contributed by atoms with E-state index in [1.807, 2.05) is 18.2 Å². The minimum atomic E-state index is -1.88. The summed E-state index contributed by atoms with van der Waals surface area (Å²) in [5.74, 6) is 0.494. The van der Waals surface area contributed by atoms with Gasteiger partial charge in [-0.25, -0.2) is 9.98 Å². The molecule has 1 atom stereocenters. The van der Waals surface area contributed by atoms with Crippen LogP contribution in [0, 0.1) is 0 Å². The summed E-state index contributed by atoms with van der Waals surface area (Å²) in [6.07, 6.45) is -0.693. The SMILES string of the molecule is ClC(Cl)(Cl)C1=NCN(C2OOc3ccccc32)C(C(Cl)(Cl)Cl)=N1. The summed E-state index contributed by atoms with van der Waals surface area (Å²) in [6.45, 7) is 0.0122. The van der Waals surface area contributed by atoms with Crippen molar-refractivity contribution < 1.29 is 9.78 Å².